The van der Waals surface area contributed by atoms with Gasteiger partial charge >= 0.3 is 0 Å². The summed E-state index contributed by atoms with van der Waals surface area (Å²) < 4.78 is 37.0. The summed E-state index contributed by atoms with van der Waals surface area (Å²) in [6, 6.07) is 43.5. The van der Waals surface area contributed by atoms with Crippen LogP contribution in [0.2, 0.25) is 10.1 Å². The number of hydrogen-bond donors (Lipinski definition) is 1. The molecule has 4 atom stereocenters. The molecule has 3 aliphatic rings. The Bertz CT molecular complexity index is 1730. The molecule has 0 spiro atoms. The summed E-state index contributed by atoms with van der Waals surface area (Å²) >= 11 is 0. The van der Waals surface area contributed by atoms with Gasteiger partial charge in [0.05, 0.1) is 6.61 Å². The van der Waals surface area contributed by atoms with Gasteiger partial charge in [-0.3, -0.25) is 4.90 Å². The van der Waals surface area contributed by atoms with Crippen molar-refractivity contribution in [1.29, 1.82) is 0 Å². The van der Waals surface area contributed by atoms with E-state index in [1.54, 1.807) is 0 Å². The highest BCUT2D eigenvalue weighted by Gasteiger charge is 2.67. The second-order valence-corrected chi connectivity index (χ2v) is 26.4. The first-order valence-corrected chi connectivity index (χ1v) is 23.5. The van der Waals surface area contributed by atoms with Gasteiger partial charge in [-0.1, -0.05) is 163 Å². The highest BCUT2D eigenvalue weighted by atomic mass is 28.4. The first-order chi connectivity index (χ1) is 25.7. The molecule has 0 radical (unpaired) electrons. The van der Waals surface area contributed by atoms with Crippen LogP contribution in [0.1, 0.15) is 55.4 Å². The van der Waals surface area contributed by atoms with Gasteiger partial charge < -0.3 is 28.4 Å². The molecule has 9 heteroatoms. The average Bonchev–Trinajstić information content (AvgIpc) is 3.59. The lowest BCUT2D eigenvalue weighted by Crippen LogP contribution is -2.72. The molecule has 54 heavy (non-hydrogen) atoms. The van der Waals surface area contributed by atoms with E-state index in [0.717, 1.165) is 26.2 Å². The largest absolute Gasteiger partial charge is 0.404 e. The van der Waals surface area contributed by atoms with Gasteiger partial charge in [0.1, 0.15) is 17.8 Å². The van der Waals surface area contributed by atoms with E-state index in [4.69, 9.17) is 23.1 Å². The van der Waals surface area contributed by atoms with Crippen molar-refractivity contribution in [2.24, 2.45) is 0 Å². The molecule has 288 valence electrons. The fourth-order valence-electron chi connectivity index (χ4n) is 9.24. The monoisotopic (exact) mass is 764 g/mol. The Morgan fingerprint density at radius 2 is 1.06 bits per heavy atom. The molecule has 3 fully saturated rings. The standard InChI is InChI=1S/C45H60N2O5Si2/c1-42(2,3)53(35-21-13-9-14-22-35,36-23-15-10-16-24-36)48-34-45(33-47-31-29-46-30-32-47)40(39-41(51-45)50-44(7,8)49-39)52-54(43(4,5)6,37-25-17-11-18-26-37)38-27-19-12-20-28-38/h9-28,39-41,46H,29-34H2,1-8H3/t39-,40-,41+,45-/m1/s1. The maximum Gasteiger partial charge on any atom is 0.261 e. The summed E-state index contributed by atoms with van der Waals surface area (Å²) in [5, 5.41) is 7.97. The third-order valence-corrected chi connectivity index (χ3v) is 21.6. The van der Waals surface area contributed by atoms with E-state index in [2.05, 4.69) is 173 Å². The molecule has 3 heterocycles. The fourth-order valence-corrected chi connectivity index (χ4v) is 18.6. The van der Waals surface area contributed by atoms with Crippen molar-refractivity contribution in [3.63, 3.8) is 0 Å². The van der Waals surface area contributed by atoms with Crippen LogP contribution >= 0.6 is 0 Å². The summed E-state index contributed by atoms with van der Waals surface area (Å²) in [7, 11) is -6.09. The van der Waals surface area contributed by atoms with Crippen LogP contribution in [0.3, 0.4) is 0 Å². The van der Waals surface area contributed by atoms with Gasteiger partial charge in [-0.05, 0) is 44.7 Å². The van der Waals surface area contributed by atoms with Gasteiger partial charge in [0, 0.05) is 32.7 Å². The number of rotatable bonds is 11. The lowest BCUT2D eigenvalue weighted by atomic mass is 9.95. The predicted octanol–water partition coefficient (Wildman–Crippen LogP) is 5.66. The number of fused-ring (bicyclic) bond motifs is 1. The number of benzene rings is 4. The molecule has 7 nitrogen and oxygen atoms in total. The van der Waals surface area contributed by atoms with Crippen molar-refractivity contribution in [3.8, 4) is 0 Å². The molecule has 4 aromatic carbocycles. The van der Waals surface area contributed by atoms with Crippen LogP contribution in [-0.2, 0) is 23.1 Å². The topological polar surface area (TPSA) is 61.4 Å². The Kier molecular flexibility index (Phi) is 11.0. The van der Waals surface area contributed by atoms with Crippen molar-refractivity contribution in [3.05, 3.63) is 121 Å². The Morgan fingerprint density at radius 1 is 0.630 bits per heavy atom. The van der Waals surface area contributed by atoms with Gasteiger partial charge in [0.25, 0.3) is 16.6 Å². The van der Waals surface area contributed by atoms with Crippen molar-refractivity contribution >= 4 is 37.4 Å². The number of nitrogens with zero attached hydrogens (tertiary/aromatic N) is 1. The molecule has 4 aromatic rings. The summed E-state index contributed by atoms with van der Waals surface area (Å²) in [5.74, 6) is -0.831. The quantitative estimate of drug-likeness (QED) is 0.198. The van der Waals surface area contributed by atoms with Gasteiger partial charge in [0.15, 0.2) is 12.1 Å². The molecule has 0 unspecified atom stereocenters. The first kappa shape index (κ1) is 39.3. The van der Waals surface area contributed by atoms with Gasteiger partial charge in [0.2, 0.25) is 0 Å². The van der Waals surface area contributed by atoms with Crippen molar-refractivity contribution in [1.82, 2.24) is 10.2 Å². The van der Waals surface area contributed by atoms with E-state index in [9.17, 15) is 0 Å². The second-order valence-electron chi connectivity index (χ2n) is 17.8. The minimum atomic E-state index is -3.11. The lowest BCUT2D eigenvalue weighted by Gasteiger charge is -2.50. The molecule has 0 amide bonds. The number of hydrogen-bond acceptors (Lipinski definition) is 7. The molecular weight excluding hydrogens is 705 g/mol. The van der Waals surface area contributed by atoms with Crippen LogP contribution in [0.25, 0.3) is 0 Å². The zero-order valence-electron chi connectivity index (χ0n) is 33.5. The van der Waals surface area contributed by atoms with E-state index >= 15 is 0 Å². The number of piperazine rings is 1. The minimum absolute atomic E-state index is 0.218. The maximum atomic E-state index is 8.16. The van der Waals surface area contributed by atoms with E-state index < -0.39 is 46.5 Å². The zero-order chi connectivity index (χ0) is 38.2. The minimum Gasteiger partial charge on any atom is -0.404 e. The summed E-state index contributed by atoms with van der Waals surface area (Å²) in [4.78, 5) is 2.51. The van der Waals surface area contributed by atoms with E-state index in [-0.39, 0.29) is 10.1 Å². The zero-order valence-corrected chi connectivity index (χ0v) is 35.5. The number of nitrogens with one attached hydrogen (secondary N) is 1. The maximum absolute atomic E-state index is 8.16. The Morgan fingerprint density at radius 3 is 1.48 bits per heavy atom. The number of ether oxygens (including phenoxy) is 3. The molecule has 3 saturated heterocycles. The smallest absolute Gasteiger partial charge is 0.261 e. The van der Waals surface area contributed by atoms with E-state index in [1.807, 2.05) is 13.8 Å². The lowest BCUT2D eigenvalue weighted by molar-refractivity contribution is -0.246. The predicted molar refractivity (Wildman–Crippen MR) is 223 cm³/mol. The van der Waals surface area contributed by atoms with Gasteiger partial charge in [-0.25, -0.2) is 0 Å². The molecule has 0 aliphatic carbocycles. The van der Waals surface area contributed by atoms with Gasteiger partial charge in [-0.15, -0.1) is 0 Å². The Hall–Kier alpha value is -2.97. The molecule has 1 N–H and O–H groups in total. The van der Waals surface area contributed by atoms with Crippen LogP contribution in [0.5, 0.6) is 0 Å². The van der Waals surface area contributed by atoms with Crippen LogP contribution in [0.15, 0.2) is 121 Å². The summed E-state index contributed by atoms with van der Waals surface area (Å²) in [6.07, 6.45) is -1.59. The van der Waals surface area contributed by atoms with Crippen LogP contribution < -0.4 is 26.1 Å². The van der Waals surface area contributed by atoms with Crippen molar-refractivity contribution in [2.45, 2.75) is 95.4 Å². The highest BCUT2D eigenvalue weighted by Crippen LogP contribution is 2.49. The third-order valence-electron chi connectivity index (χ3n) is 11.6. The third kappa shape index (κ3) is 7.24. The summed E-state index contributed by atoms with van der Waals surface area (Å²) in [6.45, 7) is 22.5. The van der Waals surface area contributed by atoms with E-state index in [1.165, 1.54) is 20.7 Å². The Balaban J connectivity index is 1.43. The normalized spacial score (nSPS) is 25.1. The first-order valence-electron chi connectivity index (χ1n) is 19.7. The van der Waals surface area contributed by atoms with Crippen molar-refractivity contribution in [2.75, 3.05) is 39.3 Å². The molecule has 0 bridgehead atoms. The fraction of sp³-hybridized carbons (Fsp3) is 0.467. The highest BCUT2D eigenvalue weighted by molar-refractivity contribution is 7.00. The molecular formula is C45H60N2O5Si2. The molecule has 3 aliphatic heterocycles. The Labute approximate surface area is 325 Å². The van der Waals surface area contributed by atoms with Gasteiger partial charge in [-0.2, -0.15) is 0 Å². The van der Waals surface area contributed by atoms with Crippen LogP contribution in [0.4, 0.5) is 0 Å². The SMILES string of the molecule is CC1(C)O[C@H]2O[C@@](CO[Si](c3ccccc3)(c3ccccc3)C(C)(C)C)(CN3CCNCC3)[C@H](O[Si](c3ccccc3)(c3ccccc3)C(C)(C)C)[C@H]2O1. The average molecular weight is 765 g/mol. The second kappa shape index (κ2) is 15.2. The molecule has 0 aromatic heterocycles. The molecule has 7 rings (SSSR count). The molecule has 0 saturated carbocycles. The van der Waals surface area contributed by atoms with Crippen LogP contribution in [-0.4, -0.2) is 90.8 Å². The van der Waals surface area contributed by atoms with E-state index in [0.29, 0.717) is 13.2 Å². The van der Waals surface area contributed by atoms with Crippen LogP contribution in [0, 0.1) is 0 Å². The van der Waals surface area contributed by atoms with Crippen molar-refractivity contribution < 1.29 is 23.1 Å². The summed E-state index contributed by atoms with van der Waals surface area (Å²) in [5.41, 5.74) is -0.927.